The summed E-state index contributed by atoms with van der Waals surface area (Å²) in [5.41, 5.74) is 4.09. The third kappa shape index (κ3) is 2.00. The molecule has 0 unspecified atom stereocenters. The molecule has 0 heterocycles. The van der Waals surface area contributed by atoms with E-state index in [1.165, 1.54) is 11.1 Å². The van der Waals surface area contributed by atoms with Crippen LogP contribution in [0.2, 0.25) is 0 Å². The molecular formula is C17H24O. The molecule has 2 aliphatic carbocycles. The summed E-state index contributed by atoms with van der Waals surface area (Å²) in [6, 6.07) is 0. The maximum atomic E-state index is 12.2. The summed E-state index contributed by atoms with van der Waals surface area (Å²) in [6.45, 7) is 10.3. The van der Waals surface area contributed by atoms with E-state index in [1.807, 2.05) is 13.0 Å². The zero-order valence-corrected chi connectivity index (χ0v) is 11.9. The SMILES string of the molecule is C=CCCCC1=C(C)C(=O)C[C@H]2C(C)=CC[C@@]12C. The van der Waals surface area contributed by atoms with Crippen LogP contribution in [-0.2, 0) is 4.79 Å². The summed E-state index contributed by atoms with van der Waals surface area (Å²) < 4.78 is 0. The summed E-state index contributed by atoms with van der Waals surface area (Å²) in [5.74, 6) is 0.813. The summed E-state index contributed by atoms with van der Waals surface area (Å²) in [5, 5.41) is 0. The van der Waals surface area contributed by atoms with E-state index in [-0.39, 0.29) is 5.41 Å². The van der Waals surface area contributed by atoms with Gasteiger partial charge >= 0.3 is 0 Å². The maximum absolute atomic E-state index is 12.2. The van der Waals surface area contributed by atoms with E-state index in [0.717, 1.165) is 37.7 Å². The van der Waals surface area contributed by atoms with Crippen LogP contribution in [0.5, 0.6) is 0 Å². The second-order valence-corrected chi connectivity index (χ2v) is 6.03. The van der Waals surface area contributed by atoms with Crippen molar-refractivity contribution < 1.29 is 4.79 Å². The van der Waals surface area contributed by atoms with E-state index in [9.17, 15) is 4.79 Å². The molecule has 98 valence electrons. The molecule has 0 N–H and O–H groups in total. The number of fused-ring (bicyclic) bond motifs is 1. The summed E-state index contributed by atoms with van der Waals surface area (Å²) in [6.07, 6.45) is 9.34. The smallest absolute Gasteiger partial charge is 0.159 e. The fourth-order valence-corrected chi connectivity index (χ4v) is 3.71. The number of hydrogen-bond donors (Lipinski definition) is 0. The summed E-state index contributed by atoms with van der Waals surface area (Å²) in [4.78, 5) is 12.2. The van der Waals surface area contributed by atoms with Gasteiger partial charge in [-0.3, -0.25) is 4.79 Å². The first-order valence-corrected chi connectivity index (χ1v) is 7.01. The Bertz CT molecular complexity index is 439. The Hall–Kier alpha value is -1.11. The lowest BCUT2D eigenvalue weighted by Gasteiger charge is -2.40. The normalized spacial score (nSPS) is 31.4. The Labute approximate surface area is 111 Å². The van der Waals surface area contributed by atoms with E-state index in [0.29, 0.717) is 11.7 Å². The lowest BCUT2D eigenvalue weighted by atomic mass is 9.63. The van der Waals surface area contributed by atoms with Crippen LogP contribution in [0.15, 0.2) is 35.5 Å². The Kier molecular flexibility index (Phi) is 3.61. The minimum atomic E-state index is 0.212. The average Bonchev–Trinajstić information content (AvgIpc) is 2.62. The molecule has 2 rings (SSSR count). The highest BCUT2D eigenvalue weighted by molar-refractivity contribution is 5.97. The minimum Gasteiger partial charge on any atom is -0.295 e. The predicted molar refractivity (Wildman–Crippen MR) is 76.3 cm³/mol. The standard InChI is InChI=1S/C17H24O/c1-5-6-7-8-14-13(3)16(18)11-15-12(2)9-10-17(14,15)4/h5,9,15H,1,6-8,10-11H2,2-4H3/t15-,17-/m0/s1. The van der Waals surface area contributed by atoms with Crippen LogP contribution >= 0.6 is 0 Å². The van der Waals surface area contributed by atoms with Crippen LogP contribution in [0.3, 0.4) is 0 Å². The Morgan fingerprint density at radius 1 is 1.50 bits per heavy atom. The molecule has 0 aromatic heterocycles. The van der Waals surface area contributed by atoms with Crippen LogP contribution in [0.1, 0.15) is 52.9 Å². The van der Waals surface area contributed by atoms with Gasteiger partial charge in [0.2, 0.25) is 0 Å². The molecule has 2 aliphatic rings. The molecule has 1 nitrogen and oxygen atoms in total. The van der Waals surface area contributed by atoms with Crippen molar-refractivity contribution in [1.82, 2.24) is 0 Å². The molecular weight excluding hydrogens is 220 g/mol. The van der Waals surface area contributed by atoms with Gasteiger partial charge in [-0.15, -0.1) is 6.58 Å². The molecule has 0 amide bonds. The van der Waals surface area contributed by atoms with Gasteiger partial charge in [-0.1, -0.05) is 30.2 Å². The lowest BCUT2D eigenvalue weighted by Crippen LogP contribution is -2.34. The van der Waals surface area contributed by atoms with E-state index in [4.69, 9.17) is 0 Å². The number of ketones is 1. The summed E-state index contributed by atoms with van der Waals surface area (Å²) >= 11 is 0. The highest BCUT2D eigenvalue weighted by Gasteiger charge is 2.46. The third-order valence-electron chi connectivity index (χ3n) is 4.95. The van der Waals surface area contributed by atoms with Crippen molar-refractivity contribution in [3.05, 3.63) is 35.5 Å². The molecule has 2 atom stereocenters. The topological polar surface area (TPSA) is 17.1 Å². The van der Waals surface area contributed by atoms with Gasteiger partial charge in [-0.2, -0.15) is 0 Å². The quantitative estimate of drug-likeness (QED) is 0.521. The second-order valence-electron chi connectivity index (χ2n) is 6.03. The molecule has 0 saturated carbocycles. The third-order valence-corrected chi connectivity index (χ3v) is 4.95. The van der Waals surface area contributed by atoms with Crippen molar-refractivity contribution in [1.29, 1.82) is 0 Å². The Morgan fingerprint density at radius 2 is 2.22 bits per heavy atom. The molecule has 0 bridgehead atoms. The van der Waals surface area contributed by atoms with Gasteiger partial charge in [0.15, 0.2) is 5.78 Å². The fourth-order valence-electron chi connectivity index (χ4n) is 3.71. The molecule has 0 spiro atoms. The van der Waals surface area contributed by atoms with Gasteiger partial charge in [0.1, 0.15) is 0 Å². The van der Waals surface area contributed by atoms with E-state index < -0.39 is 0 Å². The average molecular weight is 244 g/mol. The molecule has 0 saturated heterocycles. The molecule has 1 heteroatoms. The molecule has 0 aliphatic heterocycles. The number of unbranched alkanes of at least 4 members (excludes halogenated alkanes) is 1. The molecule has 0 aromatic rings. The van der Waals surface area contributed by atoms with Gasteiger partial charge < -0.3 is 0 Å². The van der Waals surface area contributed by atoms with E-state index in [1.54, 1.807) is 0 Å². The second kappa shape index (κ2) is 4.87. The first-order chi connectivity index (χ1) is 8.50. The minimum absolute atomic E-state index is 0.212. The first-order valence-electron chi connectivity index (χ1n) is 7.01. The van der Waals surface area contributed by atoms with Crippen LogP contribution in [0.25, 0.3) is 0 Å². The van der Waals surface area contributed by atoms with Crippen molar-refractivity contribution in [3.8, 4) is 0 Å². The Morgan fingerprint density at radius 3 is 2.89 bits per heavy atom. The number of allylic oxidation sites excluding steroid dienone is 5. The lowest BCUT2D eigenvalue weighted by molar-refractivity contribution is -0.117. The van der Waals surface area contributed by atoms with Crippen molar-refractivity contribution >= 4 is 5.78 Å². The zero-order valence-electron chi connectivity index (χ0n) is 11.9. The van der Waals surface area contributed by atoms with Crippen LogP contribution in [0.4, 0.5) is 0 Å². The van der Waals surface area contributed by atoms with Crippen LogP contribution in [0, 0.1) is 11.3 Å². The zero-order chi connectivity index (χ0) is 13.3. The maximum Gasteiger partial charge on any atom is 0.159 e. The highest BCUT2D eigenvalue weighted by Crippen LogP contribution is 2.54. The van der Waals surface area contributed by atoms with E-state index >= 15 is 0 Å². The molecule has 0 aromatic carbocycles. The molecule has 0 fully saturated rings. The monoisotopic (exact) mass is 244 g/mol. The van der Waals surface area contributed by atoms with Crippen molar-refractivity contribution in [2.75, 3.05) is 0 Å². The van der Waals surface area contributed by atoms with Gasteiger partial charge in [0.05, 0.1) is 0 Å². The number of Topliss-reactive ketones (excluding diaryl/α,β-unsaturated/α-hetero) is 1. The number of carbonyl (C=O) groups excluding carboxylic acids is 1. The van der Waals surface area contributed by atoms with Gasteiger partial charge in [0, 0.05) is 6.42 Å². The van der Waals surface area contributed by atoms with Crippen molar-refractivity contribution in [2.45, 2.75) is 52.9 Å². The number of carbonyl (C=O) groups is 1. The molecule has 18 heavy (non-hydrogen) atoms. The van der Waals surface area contributed by atoms with Gasteiger partial charge in [-0.25, -0.2) is 0 Å². The first kappa shape index (κ1) is 13.3. The van der Waals surface area contributed by atoms with Crippen LogP contribution in [-0.4, -0.2) is 5.78 Å². The van der Waals surface area contributed by atoms with Crippen molar-refractivity contribution in [3.63, 3.8) is 0 Å². The number of rotatable bonds is 4. The molecule has 0 radical (unpaired) electrons. The fraction of sp³-hybridized carbons (Fsp3) is 0.588. The number of hydrogen-bond acceptors (Lipinski definition) is 1. The van der Waals surface area contributed by atoms with Crippen molar-refractivity contribution in [2.24, 2.45) is 11.3 Å². The largest absolute Gasteiger partial charge is 0.295 e. The van der Waals surface area contributed by atoms with E-state index in [2.05, 4.69) is 26.5 Å². The van der Waals surface area contributed by atoms with Gasteiger partial charge in [0.25, 0.3) is 0 Å². The highest BCUT2D eigenvalue weighted by atomic mass is 16.1. The summed E-state index contributed by atoms with van der Waals surface area (Å²) in [7, 11) is 0. The van der Waals surface area contributed by atoms with Crippen LogP contribution < -0.4 is 0 Å². The van der Waals surface area contributed by atoms with Gasteiger partial charge in [-0.05, 0) is 56.4 Å². The predicted octanol–water partition coefficient (Wildman–Crippen LogP) is 4.60. The Balaban J connectivity index is 2.30.